The third-order valence-electron chi connectivity index (χ3n) is 4.50. The summed E-state index contributed by atoms with van der Waals surface area (Å²) in [4.78, 5) is 14.6. The first-order valence-electron chi connectivity index (χ1n) is 8.33. The number of para-hydroxylation sites is 1. The molecule has 1 amide bonds. The molecule has 22 heavy (non-hydrogen) atoms. The van der Waals surface area contributed by atoms with Crippen LogP contribution in [0.2, 0.25) is 0 Å². The molecule has 1 saturated heterocycles. The van der Waals surface area contributed by atoms with Gasteiger partial charge in [0.25, 0.3) is 0 Å². The Labute approximate surface area is 133 Å². The van der Waals surface area contributed by atoms with Crippen molar-refractivity contribution in [1.29, 1.82) is 0 Å². The van der Waals surface area contributed by atoms with Crippen molar-refractivity contribution in [2.24, 2.45) is 0 Å². The van der Waals surface area contributed by atoms with E-state index >= 15 is 0 Å². The second kappa shape index (κ2) is 8.30. The standard InChI is InChI=1S/C18H28N2O2/c1-4-14-7-6-8-15(5-2)18(14)19-17(21)13-20-11-9-16(22-3)10-12-20/h6-8,16H,4-5,9-13H2,1-3H3,(H,19,21). The van der Waals surface area contributed by atoms with Gasteiger partial charge in [0.2, 0.25) is 5.91 Å². The van der Waals surface area contributed by atoms with Crippen LogP contribution in [-0.4, -0.2) is 43.7 Å². The van der Waals surface area contributed by atoms with Crippen molar-refractivity contribution in [1.82, 2.24) is 4.90 Å². The first-order chi connectivity index (χ1) is 10.7. The first kappa shape index (κ1) is 17.0. The summed E-state index contributed by atoms with van der Waals surface area (Å²) in [7, 11) is 1.76. The van der Waals surface area contributed by atoms with Crippen LogP contribution in [0.3, 0.4) is 0 Å². The van der Waals surface area contributed by atoms with E-state index < -0.39 is 0 Å². The number of carbonyl (C=O) groups is 1. The van der Waals surface area contributed by atoms with Gasteiger partial charge in [0.15, 0.2) is 0 Å². The smallest absolute Gasteiger partial charge is 0.238 e. The lowest BCUT2D eigenvalue weighted by Gasteiger charge is -2.30. The zero-order chi connectivity index (χ0) is 15.9. The molecule has 1 aliphatic heterocycles. The van der Waals surface area contributed by atoms with Gasteiger partial charge in [-0.2, -0.15) is 0 Å². The maximum atomic E-state index is 12.4. The molecule has 0 saturated carbocycles. The van der Waals surface area contributed by atoms with Crippen LogP contribution in [0.5, 0.6) is 0 Å². The quantitative estimate of drug-likeness (QED) is 0.878. The molecule has 1 N–H and O–H groups in total. The van der Waals surface area contributed by atoms with E-state index in [0.29, 0.717) is 12.6 Å². The number of ether oxygens (including phenoxy) is 1. The predicted molar refractivity (Wildman–Crippen MR) is 90.3 cm³/mol. The van der Waals surface area contributed by atoms with Crippen LogP contribution in [0, 0.1) is 0 Å². The lowest BCUT2D eigenvalue weighted by Crippen LogP contribution is -2.41. The number of piperidine rings is 1. The summed E-state index contributed by atoms with van der Waals surface area (Å²) in [6.45, 7) is 6.58. The predicted octanol–water partition coefficient (Wildman–Crippen LogP) is 2.86. The largest absolute Gasteiger partial charge is 0.381 e. The summed E-state index contributed by atoms with van der Waals surface area (Å²) in [5, 5.41) is 3.14. The van der Waals surface area contributed by atoms with Crippen molar-refractivity contribution in [3.63, 3.8) is 0 Å². The van der Waals surface area contributed by atoms with Gasteiger partial charge in [-0.1, -0.05) is 32.0 Å². The van der Waals surface area contributed by atoms with Crippen molar-refractivity contribution >= 4 is 11.6 Å². The van der Waals surface area contributed by atoms with Gasteiger partial charge in [-0.05, 0) is 36.8 Å². The molecule has 1 fully saturated rings. The number of carbonyl (C=O) groups excluding carboxylic acids is 1. The zero-order valence-electron chi connectivity index (χ0n) is 14.0. The summed E-state index contributed by atoms with van der Waals surface area (Å²) < 4.78 is 5.37. The van der Waals surface area contributed by atoms with E-state index in [1.165, 1.54) is 11.1 Å². The maximum absolute atomic E-state index is 12.4. The minimum absolute atomic E-state index is 0.0893. The molecule has 0 spiro atoms. The van der Waals surface area contributed by atoms with Gasteiger partial charge in [-0.25, -0.2) is 0 Å². The Morgan fingerprint density at radius 3 is 2.32 bits per heavy atom. The lowest BCUT2D eigenvalue weighted by atomic mass is 10.0. The Bertz CT molecular complexity index is 472. The minimum Gasteiger partial charge on any atom is -0.381 e. The van der Waals surface area contributed by atoms with Crippen LogP contribution in [0.15, 0.2) is 18.2 Å². The van der Waals surface area contributed by atoms with Crippen LogP contribution < -0.4 is 5.32 Å². The topological polar surface area (TPSA) is 41.6 Å². The number of nitrogens with one attached hydrogen (secondary N) is 1. The van der Waals surface area contributed by atoms with Gasteiger partial charge >= 0.3 is 0 Å². The maximum Gasteiger partial charge on any atom is 0.238 e. The Balaban J connectivity index is 1.95. The number of hydrogen-bond donors (Lipinski definition) is 1. The SMILES string of the molecule is CCc1cccc(CC)c1NC(=O)CN1CCC(OC)CC1. The van der Waals surface area contributed by atoms with Crippen LogP contribution in [-0.2, 0) is 22.4 Å². The first-order valence-corrected chi connectivity index (χ1v) is 8.33. The number of hydrogen-bond acceptors (Lipinski definition) is 3. The zero-order valence-corrected chi connectivity index (χ0v) is 14.0. The fourth-order valence-corrected chi connectivity index (χ4v) is 3.09. The van der Waals surface area contributed by atoms with E-state index in [1.807, 2.05) is 0 Å². The van der Waals surface area contributed by atoms with Crippen LogP contribution in [0.4, 0.5) is 5.69 Å². The summed E-state index contributed by atoms with van der Waals surface area (Å²) in [5.41, 5.74) is 3.45. The molecule has 1 heterocycles. The fourth-order valence-electron chi connectivity index (χ4n) is 3.09. The molecule has 0 unspecified atom stereocenters. The van der Waals surface area contributed by atoms with E-state index in [2.05, 4.69) is 42.3 Å². The molecule has 1 aromatic carbocycles. The van der Waals surface area contributed by atoms with E-state index in [9.17, 15) is 4.79 Å². The van der Waals surface area contributed by atoms with Crippen LogP contribution >= 0.6 is 0 Å². The summed E-state index contributed by atoms with van der Waals surface area (Å²) in [5.74, 6) is 0.0893. The highest BCUT2D eigenvalue weighted by Gasteiger charge is 2.21. The minimum atomic E-state index is 0.0893. The second-order valence-electron chi connectivity index (χ2n) is 5.92. The molecule has 4 nitrogen and oxygen atoms in total. The molecular formula is C18H28N2O2. The molecule has 2 rings (SSSR count). The summed E-state index contributed by atoms with van der Waals surface area (Å²) in [6.07, 6.45) is 4.24. The Morgan fingerprint density at radius 2 is 1.82 bits per heavy atom. The van der Waals surface area contributed by atoms with Gasteiger partial charge in [0.1, 0.15) is 0 Å². The third kappa shape index (κ3) is 4.31. The average Bonchev–Trinajstić information content (AvgIpc) is 2.55. The Kier molecular flexibility index (Phi) is 6.40. The molecule has 0 aliphatic carbocycles. The Hall–Kier alpha value is -1.39. The van der Waals surface area contributed by atoms with Gasteiger partial charge in [0.05, 0.1) is 12.6 Å². The van der Waals surface area contributed by atoms with Crippen LogP contribution in [0.1, 0.15) is 37.8 Å². The number of benzene rings is 1. The summed E-state index contributed by atoms with van der Waals surface area (Å²) in [6, 6.07) is 6.26. The van der Waals surface area contributed by atoms with E-state index in [4.69, 9.17) is 4.74 Å². The van der Waals surface area contributed by atoms with Gasteiger partial charge in [0, 0.05) is 25.9 Å². The molecule has 1 aromatic rings. The van der Waals surface area contributed by atoms with Crippen molar-refractivity contribution in [3.8, 4) is 0 Å². The van der Waals surface area contributed by atoms with Crippen molar-refractivity contribution < 1.29 is 9.53 Å². The van der Waals surface area contributed by atoms with E-state index in [0.717, 1.165) is 44.5 Å². The highest BCUT2D eigenvalue weighted by molar-refractivity contribution is 5.93. The molecule has 0 aromatic heterocycles. The van der Waals surface area contributed by atoms with Crippen molar-refractivity contribution in [2.45, 2.75) is 45.6 Å². The van der Waals surface area contributed by atoms with E-state index in [-0.39, 0.29) is 5.91 Å². The summed E-state index contributed by atoms with van der Waals surface area (Å²) >= 11 is 0. The van der Waals surface area contributed by atoms with Crippen LogP contribution in [0.25, 0.3) is 0 Å². The number of methoxy groups -OCH3 is 1. The molecule has 0 radical (unpaired) electrons. The van der Waals surface area contributed by atoms with Gasteiger partial charge < -0.3 is 10.1 Å². The normalized spacial score (nSPS) is 16.7. The number of rotatable bonds is 6. The lowest BCUT2D eigenvalue weighted by molar-refractivity contribution is -0.117. The number of nitrogens with zero attached hydrogens (tertiary/aromatic N) is 1. The number of likely N-dealkylation sites (tertiary alicyclic amines) is 1. The molecule has 0 atom stereocenters. The monoisotopic (exact) mass is 304 g/mol. The second-order valence-corrected chi connectivity index (χ2v) is 5.92. The number of anilines is 1. The highest BCUT2D eigenvalue weighted by Crippen LogP contribution is 2.22. The fraction of sp³-hybridized carbons (Fsp3) is 0.611. The molecule has 1 aliphatic rings. The average molecular weight is 304 g/mol. The molecule has 4 heteroatoms. The highest BCUT2D eigenvalue weighted by atomic mass is 16.5. The van der Waals surface area contributed by atoms with Gasteiger partial charge in [-0.15, -0.1) is 0 Å². The van der Waals surface area contributed by atoms with E-state index in [1.54, 1.807) is 7.11 Å². The Morgan fingerprint density at radius 1 is 1.23 bits per heavy atom. The van der Waals surface area contributed by atoms with Gasteiger partial charge in [-0.3, -0.25) is 9.69 Å². The third-order valence-corrected chi connectivity index (χ3v) is 4.50. The molecule has 0 bridgehead atoms. The molecule has 122 valence electrons. The molecular weight excluding hydrogens is 276 g/mol. The number of aryl methyl sites for hydroxylation is 2. The van der Waals surface area contributed by atoms with Crippen molar-refractivity contribution in [2.75, 3.05) is 32.1 Å². The van der Waals surface area contributed by atoms with Crippen molar-refractivity contribution in [3.05, 3.63) is 29.3 Å². The number of amides is 1.